The van der Waals surface area contributed by atoms with Gasteiger partial charge in [-0.2, -0.15) is 0 Å². The van der Waals surface area contributed by atoms with Gasteiger partial charge in [0.25, 0.3) is 0 Å². The van der Waals surface area contributed by atoms with Gasteiger partial charge in [0.2, 0.25) is 0 Å². The number of hydrogen-bond acceptors (Lipinski definition) is 2. The molecular weight excluding hydrogens is 210 g/mol. The van der Waals surface area contributed by atoms with Crippen LogP contribution in [-0.4, -0.2) is 19.0 Å². The lowest BCUT2D eigenvalue weighted by molar-refractivity contribution is 0.309. The van der Waals surface area contributed by atoms with Crippen LogP contribution >= 0.6 is 0 Å². The molecule has 1 aliphatic heterocycles. The average molecular weight is 229 g/mol. The van der Waals surface area contributed by atoms with E-state index in [1.54, 1.807) is 0 Å². The summed E-state index contributed by atoms with van der Waals surface area (Å²) in [6.07, 6.45) is 4.95. The minimum atomic E-state index is 0.0875. The summed E-state index contributed by atoms with van der Waals surface area (Å²) in [4.78, 5) is 4.58. The maximum absolute atomic E-state index is 5.77. The lowest BCUT2D eigenvalue weighted by atomic mass is 9.78. The number of rotatable bonds is 2. The Morgan fingerprint density at radius 2 is 1.82 bits per heavy atom. The first kappa shape index (κ1) is 10.8. The van der Waals surface area contributed by atoms with Gasteiger partial charge in [-0.1, -0.05) is 42.7 Å². The second kappa shape index (κ2) is 4.17. The number of hydrogen-bond donors (Lipinski definition) is 0. The third-order valence-electron chi connectivity index (χ3n) is 4.06. The molecule has 2 nitrogen and oxygen atoms in total. The molecule has 3 rings (SSSR count). The molecule has 2 heteroatoms. The van der Waals surface area contributed by atoms with E-state index in [0.29, 0.717) is 0 Å². The summed E-state index contributed by atoms with van der Waals surface area (Å²) in [7, 11) is 0. The molecule has 90 valence electrons. The Hall–Kier alpha value is -1.31. The Bertz CT molecular complexity index is 427. The van der Waals surface area contributed by atoms with E-state index in [1.165, 1.54) is 36.8 Å². The highest BCUT2D eigenvalue weighted by atomic mass is 16.5. The summed E-state index contributed by atoms with van der Waals surface area (Å²) in [5.74, 6) is 0.999. The fourth-order valence-corrected chi connectivity index (χ4v) is 3.10. The number of aliphatic imine (C=N–C) groups is 1. The largest absolute Gasteiger partial charge is 0.478 e. The molecule has 1 aromatic rings. The first-order valence-electron chi connectivity index (χ1n) is 6.56. The second-order valence-electron chi connectivity index (χ2n) is 5.19. The van der Waals surface area contributed by atoms with Crippen LogP contribution in [0.1, 0.15) is 36.8 Å². The summed E-state index contributed by atoms with van der Waals surface area (Å²) in [5, 5.41) is 0. The van der Waals surface area contributed by atoms with Gasteiger partial charge in [-0.15, -0.1) is 0 Å². The highest BCUT2D eigenvalue weighted by Gasteiger charge is 2.43. The number of benzene rings is 1. The molecule has 0 unspecified atom stereocenters. The zero-order chi connectivity index (χ0) is 11.7. The first-order chi connectivity index (χ1) is 8.31. The van der Waals surface area contributed by atoms with Crippen molar-refractivity contribution in [2.75, 3.05) is 13.2 Å². The Balaban J connectivity index is 2.02. The van der Waals surface area contributed by atoms with Crippen LogP contribution in [0, 0.1) is 6.92 Å². The summed E-state index contributed by atoms with van der Waals surface area (Å²) in [5.41, 5.74) is 2.79. The standard InChI is InChI=1S/C15H19NO/c1-12-4-6-13(7-5-12)15(8-2-3-9-15)14-16-10-11-17-14/h4-7H,2-3,8-11H2,1H3. The van der Waals surface area contributed by atoms with E-state index in [-0.39, 0.29) is 5.41 Å². The molecule has 0 bridgehead atoms. The molecule has 1 heterocycles. The van der Waals surface area contributed by atoms with E-state index in [9.17, 15) is 0 Å². The monoisotopic (exact) mass is 229 g/mol. The van der Waals surface area contributed by atoms with Crippen LogP contribution in [0.5, 0.6) is 0 Å². The van der Waals surface area contributed by atoms with Gasteiger partial charge in [-0.05, 0) is 25.3 Å². The predicted octanol–water partition coefficient (Wildman–Crippen LogP) is 3.24. The van der Waals surface area contributed by atoms with Crippen molar-refractivity contribution < 1.29 is 4.74 Å². The SMILES string of the molecule is Cc1ccc(C2(C3=NCCO3)CCCC2)cc1. The van der Waals surface area contributed by atoms with Crippen molar-refractivity contribution >= 4 is 5.90 Å². The smallest absolute Gasteiger partial charge is 0.194 e. The van der Waals surface area contributed by atoms with Crippen molar-refractivity contribution in [3.8, 4) is 0 Å². The van der Waals surface area contributed by atoms with Gasteiger partial charge in [0, 0.05) is 0 Å². The van der Waals surface area contributed by atoms with Gasteiger partial charge in [0.1, 0.15) is 6.61 Å². The molecule has 0 radical (unpaired) electrons. The van der Waals surface area contributed by atoms with Gasteiger partial charge >= 0.3 is 0 Å². The predicted molar refractivity (Wildman–Crippen MR) is 69.6 cm³/mol. The number of ether oxygens (including phenoxy) is 1. The highest BCUT2D eigenvalue weighted by molar-refractivity contribution is 5.89. The fourth-order valence-electron chi connectivity index (χ4n) is 3.10. The van der Waals surface area contributed by atoms with Gasteiger partial charge in [0.05, 0.1) is 12.0 Å². The molecule has 1 saturated carbocycles. The van der Waals surface area contributed by atoms with Crippen molar-refractivity contribution in [3.05, 3.63) is 35.4 Å². The fraction of sp³-hybridized carbons (Fsp3) is 0.533. The maximum atomic E-state index is 5.77. The van der Waals surface area contributed by atoms with Crippen LogP contribution in [0.25, 0.3) is 0 Å². The molecule has 2 aliphatic rings. The lowest BCUT2D eigenvalue weighted by Crippen LogP contribution is -2.33. The summed E-state index contributed by atoms with van der Waals surface area (Å²) < 4.78 is 5.77. The van der Waals surface area contributed by atoms with Crippen molar-refractivity contribution in [2.24, 2.45) is 4.99 Å². The molecule has 0 atom stereocenters. The summed E-state index contributed by atoms with van der Waals surface area (Å²) in [6, 6.07) is 8.91. The Morgan fingerprint density at radius 3 is 2.41 bits per heavy atom. The van der Waals surface area contributed by atoms with E-state index in [4.69, 9.17) is 4.74 Å². The van der Waals surface area contributed by atoms with E-state index in [2.05, 4.69) is 36.2 Å². The van der Waals surface area contributed by atoms with E-state index in [0.717, 1.165) is 19.0 Å². The molecule has 17 heavy (non-hydrogen) atoms. The van der Waals surface area contributed by atoms with Crippen molar-refractivity contribution in [1.29, 1.82) is 0 Å². The van der Waals surface area contributed by atoms with E-state index in [1.807, 2.05) is 0 Å². The van der Waals surface area contributed by atoms with Gasteiger partial charge in [-0.25, -0.2) is 0 Å². The average Bonchev–Trinajstić information content (AvgIpc) is 3.01. The van der Waals surface area contributed by atoms with Crippen LogP contribution in [0.2, 0.25) is 0 Å². The first-order valence-corrected chi connectivity index (χ1v) is 6.56. The molecule has 0 spiro atoms. The third kappa shape index (κ3) is 1.76. The molecule has 0 amide bonds. The second-order valence-corrected chi connectivity index (χ2v) is 5.19. The molecule has 0 N–H and O–H groups in total. The molecule has 1 fully saturated rings. The van der Waals surface area contributed by atoms with Crippen molar-refractivity contribution in [2.45, 2.75) is 38.0 Å². The Labute approximate surface area is 103 Å². The molecule has 1 aliphatic carbocycles. The molecule has 1 aromatic carbocycles. The van der Waals surface area contributed by atoms with Gasteiger partial charge in [-0.3, -0.25) is 4.99 Å². The Kier molecular flexibility index (Phi) is 2.65. The molecular formula is C15H19NO. The maximum Gasteiger partial charge on any atom is 0.194 e. The van der Waals surface area contributed by atoms with Crippen molar-refractivity contribution in [1.82, 2.24) is 0 Å². The molecule has 0 aromatic heterocycles. The van der Waals surface area contributed by atoms with Gasteiger partial charge in [0.15, 0.2) is 5.90 Å². The lowest BCUT2D eigenvalue weighted by Gasteiger charge is -2.28. The zero-order valence-electron chi connectivity index (χ0n) is 10.4. The zero-order valence-corrected chi connectivity index (χ0v) is 10.4. The van der Waals surface area contributed by atoms with Crippen LogP contribution in [-0.2, 0) is 10.2 Å². The quantitative estimate of drug-likeness (QED) is 0.763. The van der Waals surface area contributed by atoms with Crippen LogP contribution in [0.3, 0.4) is 0 Å². The molecule has 0 saturated heterocycles. The summed E-state index contributed by atoms with van der Waals surface area (Å²) >= 11 is 0. The van der Waals surface area contributed by atoms with E-state index >= 15 is 0 Å². The topological polar surface area (TPSA) is 21.6 Å². The van der Waals surface area contributed by atoms with Crippen LogP contribution in [0.4, 0.5) is 0 Å². The number of nitrogens with zero attached hydrogens (tertiary/aromatic N) is 1. The third-order valence-corrected chi connectivity index (χ3v) is 4.06. The Morgan fingerprint density at radius 1 is 1.12 bits per heavy atom. The minimum Gasteiger partial charge on any atom is -0.478 e. The minimum absolute atomic E-state index is 0.0875. The summed E-state index contributed by atoms with van der Waals surface area (Å²) in [6.45, 7) is 3.74. The van der Waals surface area contributed by atoms with Crippen LogP contribution in [0.15, 0.2) is 29.3 Å². The number of aryl methyl sites for hydroxylation is 1. The van der Waals surface area contributed by atoms with Gasteiger partial charge < -0.3 is 4.74 Å². The van der Waals surface area contributed by atoms with E-state index < -0.39 is 0 Å². The van der Waals surface area contributed by atoms with Crippen molar-refractivity contribution in [3.63, 3.8) is 0 Å². The normalized spacial score (nSPS) is 22.3. The highest BCUT2D eigenvalue weighted by Crippen LogP contribution is 2.43. The van der Waals surface area contributed by atoms with Crippen LogP contribution < -0.4 is 0 Å².